The van der Waals surface area contributed by atoms with E-state index in [4.69, 9.17) is 0 Å². The minimum absolute atomic E-state index is 1.02. The minimum atomic E-state index is 1.02. The fourth-order valence-corrected chi connectivity index (χ4v) is 9.09. The first-order valence-electron chi connectivity index (χ1n) is 7.86. The molecule has 2 spiro atoms. The molecule has 9 atom stereocenters. The first-order valence-corrected chi connectivity index (χ1v) is 7.86. The average Bonchev–Trinajstić information content (AvgIpc) is 2.42. The largest absolute Gasteiger partial charge is 0.0654 e. The molecule has 6 fully saturated rings. The van der Waals surface area contributed by atoms with Crippen LogP contribution in [0.1, 0.15) is 45.4 Å². The van der Waals surface area contributed by atoms with Crippen LogP contribution in [-0.4, -0.2) is 0 Å². The van der Waals surface area contributed by atoms with Crippen molar-refractivity contribution in [2.24, 2.45) is 52.3 Å². The van der Waals surface area contributed by atoms with E-state index < -0.39 is 0 Å². The van der Waals surface area contributed by atoms with Gasteiger partial charge in [-0.05, 0) is 77.9 Å². The Morgan fingerprint density at radius 1 is 0.812 bits per heavy atom. The predicted octanol–water partition coefficient (Wildman–Crippen LogP) is 3.71. The summed E-state index contributed by atoms with van der Waals surface area (Å²) in [6.07, 6.45) is 9.68. The predicted molar refractivity (Wildman–Crippen MR) is 62.7 cm³/mol. The zero-order valence-corrected chi connectivity index (χ0v) is 10.3. The molecule has 6 saturated carbocycles. The summed E-state index contributed by atoms with van der Waals surface area (Å²) >= 11 is 0. The lowest BCUT2D eigenvalue weighted by atomic mass is 9.04. The van der Waals surface area contributed by atoms with Gasteiger partial charge in [0.2, 0.25) is 0 Å². The maximum atomic E-state index is 2.40. The Balaban J connectivity index is 1.47. The van der Waals surface area contributed by atoms with E-state index >= 15 is 0 Å². The van der Waals surface area contributed by atoms with Crippen LogP contribution in [0.25, 0.3) is 0 Å². The monoisotopic (exact) mass is 214 g/mol. The molecule has 9 unspecified atom stereocenters. The van der Waals surface area contributed by atoms with Crippen LogP contribution in [0.2, 0.25) is 0 Å². The van der Waals surface area contributed by atoms with Crippen LogP contribution < -0.4 is 0 Å². The van der Waals surface area contributed by atoms with Gasteiger partial charge in [0.15, 0.2) is 0 Å². The van der Waals surface area contributed by atoms with E-state index in [1.54, 1.807) is 32.1 Å². The number of rotatable bonds is 2. The smallest absolute Gasteiger partial charge is 0.0139 e. The Hall–Kier alpha value is 0. The molecular formula is C16H22. The van der Waals surface area contributed by atoms with Crippen LogP contribution in [0.5, 0.6) is 0 Å². The number of hydrogen-bond acceptors (Lipinski definition) is 0. The summed E-state index contributed by atoms with van der Waals surface area (Å²) in [4.78, 5) is 0. The van der Waals surface area contributed by atoms with Gasteiger partial charge in [-0.2, -0.15) is 0 Å². The van der Waals surface area contributed by atoms with Gasteiger partial charge in [-0.3, -0.25) is 0 Å². The molecule has 0 bridgehead atoms. The van der Waals surface area contributed by atoms with E-state index in [9.17, 15) is 0 Å². The van der Waals surface area contributed by atoms with Crippen LogP contribution in [-0.2, 0) is 0 Å². The first kappa shape index (κ1) is 8.16. The van der Waals surface area contributed by atoms with Crippen molar-refractivity contribution in [2.75, 3.05) is 0 Å². The van der Waals surface area contributed by atoms with E-state index in [0.717, 1.165) is 10.8 Å². The molecule has 16 heavy (non-hydrogen) atoms. The van der Waals surface area contributed by atoms with Crippen molar-refractivity contribution < 1.29 is 0 Å². The molecule has 6 aliphatic carbocycles. The molecule has 0 aromatic heterocycles. The second kappa shape index (κ2) is 1.93. The minimum Gasteiger partial charge on any atom is -0.0654 e. The van der Waals surface area contributed by atoms with Crippen molar-refractivity contribution in [3.63, 3.8) is 0 Å². The van der Waals surface area contributed by atoms with Crippen LogP contribution >= 0.6 is 0 Å². The van der Waals surface area contributed by atoms with Crippen molar-refractivity contribution in [3.05, 3.63) is 0 Å². The zero-order chi connectivity index (χ0) is 10.3. The Bertz CT molecular complexity index is 412. The van der Waals surface area contributed by atoms with E-state index in [-0.39, 0.29) is 0 Å². The molecule has 6 rings (SSSR count). The van der Waals surface area contributed by atoms with Crippen molar-refractivity contribution >= 4 is 0 Å². The van der Waals surface area contributed by atoms with E-state index in [0.29, 0.717) is 0 Å². The molecule has 0 radical (unpaired) electrons. The molecule has 6 aliphatic rings. The van der Waals surface area contributed by atoms with Crippen LogP contribution in [0.4, 0.5) is 0 Å². The summed E-state index contributed by atoms with van der Waals surface area (Å²) in [6.45, 7) is 2.40. The lowest BCUT2D eigenvalue weighted by molar-refractivity contribution is -0.533. The van der Waals surface area contributed by atoms with Gasteiger partial charge >= 0.3 is 0 Å². The molecule has 86 valence electrons. The van der Waals surface area contributed by atoms with E-state index in [1.807, 2.05) is 0 Å². The van der Waals surface area contributed by atoms with Crippen molar-refractivity contribution in [3.8, 4) is 0 Å². The number of fused-ring (bicyclic) bond motifs is 2. The van der Waals surface area contributed by atoms with Gasteiger partial charge in [-0.15, -0.1) is 0 Å². The zero-order valence-electron chi connectivity index (χ0n) is 10.3. The second-order valence-corrected chi connectivity index (χ2v) is 8.09. The van der Waals surface area contributed by atoms with Gasteiger partial charge in [0.05, 0.1) is 0 Å². The molecule has 0 heterocycles. The van der Waals surface area contributed by atoms with Gasteiger partial charge in [-0.1, -0.05) is 19.8 Å². The first-order chi connectivity index (χ1) is 7.86. The SMILES string of the molecule is CCCC1CC2C3CC4CC5C6CC1C26C435. The summed E-state index contributed by atoms with van der Waals surface area (Å²) in [5.41, 5.74) is 2.05. The molecule has 0 N–H and O–H groups in total. The third kappa shape index (κ3) is 0.410. The van der Waals surface area contributed by atoms with Crippen molar-refractivity contribution in [2.45, 2.75) is 45.4 Å². The Labute approximate surface area is 98.2 Å². The molecular weight excluding hydrogens is 192 g/mol. The quantitative estimate of drug-likeness (QED) is 0.657. The summed E-state index contributed by atoms with van der Waals surface area (Å²) < 4.78 is 0. The molecule has 0 aromatic carbocycles. The van der Waals surface area contributed by atoms with E-state index in [1.165, 1.54) is 47.8 Å². The van der Waals surface area contributed by atoms with Crippen molar-refractivity contribution in [1.82, 2.24) is 0 Å². The molecule has 0 heteroatoms. The molecule has 0 nitrogen and oxygen atoms in total. The second-order valence-electron chi connectivity index (χ2n) is 8.09. The van der Waals surface area contributed by atoms with Gasteiger partial charge < -0.3 is 0 Å². The van der Waals surface area contributed by atoms with Gasteiger partial charge in [0.25, 0.3) is 0 Å². The summed E-state index contributed by atoms with van der Waals surface area (Å²) in [5.74, 6) is 8.70. The summed E-state index contributed by atoms with van der Waals surface area (Å²) in [7, 11) is 0. The van der Waals surface area contributed by atoms with Crippen LogP contribution in [0.15, 0.2) is 0 Å². The fourth-order valence-electron chi connectivity index (χ4n) is 9.09. The Morgan fingerprint density at radius 2 is 1.50 bits per heavy atom. The summed E-state index contributed by atoms with van der Waals surface area (Å²) in [5, 5.41) is 0. The maximum absolute atomic E-state index is 2.40. The fraction of sp³-hybridized carbons (Fsp3) is 1.00. The highest BCUT2D eigenvalue weighted by molar-refractivity contribution is 5.47. The highest BCUT2D eigenvalue weighted by atomic mass is 15.0. The highest BCUT2D eigenvalue weighted by Gasteiger charge is 3.00. The highest BCUT2D eigenvalue weighted by Crippen LogP contribution is 3.04. The normalized spacial score (nSPS) is 78.9. The topological polar surface area (TPSA) is 0 Å². The van der Waals surface area contributed by atoms with Crippen molar-refractivity contribution in [1.29, 1.82) is 0 Å². The Kier molecular flexibility index (Phi) is 0.986. The molecule has 0 aliphatic heterocycles. The average molecular weight is 214 g/mol. The standard InChI is InChI=1S/C16H22/c1-2-3-8-4-11-12-5-9-6-13-14-7-10(8)16(11,14)15(9,12)13/h8-14H,2-7H2,1H3. The third-order valence-electron chi connectivity index (χ3n) is 8.83. The molecule has 0 aromatic rings. The van der Waals surface area contributed by atoms with Gasteiger partial charge in [-0.25, -0.2) is 0 Å². The van der Waals surface area contributed by atoms with Crippen LogP contribution in [0, 0.1) is 52.3 Å². The maximum Gasteiger partial charge on any atom is -0.0139 e. The third-order valence-corrected chi connectivity index (χ3v) is 8.83. The number of hydrogen-bond donors (Lipinski definition) is 0. The van der Waals surface area contributed by atoms with Crippen LogP contribution in [0.3, 0.4) is 0 Å². The molecule has 0 amide bonds. The molecule has 0 saturated heterocycles. The van der Waals surface area contributed by atoms with Gasteiger partial charge in [0.1, 0.15) is 0 Å². The lowest BCUT2D eigenvalue weighted by Crippen LogP contribution is -2.96. The van der Waals surface area contributed by atoms with Gasteiger partial charge in [0, 0.05) is 0 Å². The summed E-state index contributed by atoms with van der Waals surface area (Å²) in [6, 6.07) is 0. The Morgan fingerprint density at radius 3 is 2.19 bits per heavy atom. The van der Waals surface area contributed by atoms with E-state index in [2.05, 4.69) is 6.92 Å². The lowest BCUT2D eigenvalue weighted by Gasteiger charge is -3.00.